The van der Waals surface area contributed by atoms with Crippen molar-refractivity contribution in [2.75, 3.05) is 19.0 Å². The second-order valence-electron chi connectivity index (χ2n) is 4.40. The number of aliphatic hydroxyl groups is 1. The topological polar surface area (TPSA) is 41.5 Å². The van der Waals surface area contributed by atoms with Crippen LogP contribution in [-0.2, 0) is 0 Å². The Labute approximate surface area is 120 Å². The van der Waals surface area contributed by atoms with Crippen LogP contribution in [0.3, 0.4) is 0 Å². The molecule has 112 valence electrons. The maximum absolute atomic E-state index is 13.7. The summed E-state index contributed by atoms with van der Waals surface area (Å²) in [5.41, 5.74) is 0.400. The van der Waals surface area contributed by atoms with Crippen LogP contribution in [0.25, 0.3) is 0 Å². The minimum Gasteiger partial charge on any atom is -0.497 e. The lowest BCUT2D eigenvalue weighted by atomic mass is 10.1. The lowest BCUT2D eigenvalue weighted by Gasteiger charge is -2.19. The smallest absolute Gasteiger partial charge is 0.161 e. The molecule has 3 nitrogen and oxygen atoms in total. The van der Waals surface area contributed by atoms with E-state index in [2.05, 4.69) is 5.32 Å². The summed E-state index contributed by atoms with van der Waals surface area (Å²) >= 11 is 0. The molecule has 2 rings (SSSR count). The minimum absolute atomic E-state index is 0.154. The van der Waals surface area contributed by atoms with E-state index >= 15 is 0 Å². The van der Waals surface area contributed by atoms with Gasteiger partial charge in [0.05, 0.1) is 19.8 Å². The maximum Gasteiger partial charge on any atom is 0.161 e. The highest BCUT2D eigenvalue weighted by Gasteiger charge is 2.18. The van der Waals surface area contributed by atoms with Crippen LogP contribution in [0, 0.1) is 17.5 Å². The highest BCUT2D eigenvalue weighted by Crippen LogP contribution is 2.25. The van der Waals surface area contributed by atoms with E-state index in [0.29, 0.717) is 17.5 Å². The Hall–Kier alpha value is -2.21. The van der Waals surface area contributed by atoms with Crippen LogP contribution in [0.5, 0.6) is 5.75 Å². The summed E-state index contributed by atoms with van der Waals surface area (Å²) in [4.78, 5) is 0. The molecule has 0 radical (unpaired) electrons. The van der Waals surface area contributed by atoms with Crippen molar-refractivity contribution in [3.05, 3.63) is 59.4 Å². The molecule has 1 unspecified atom stereocenters. The van der Waals surface area contributed by atoms with Crippen LogP contribution < -0.4 is 10.1 Å². The van der Waals surface area contributed by atoms with E-state index in [0.717, 1.165) is 6.07 Å². The van der Waals surface area contributed by atoms with Crippen LogP contribution in [0.2, 0.25) is 0 Å². The third kappa shape index (κ3) is 3.46. The van der Waals surface area contributed by atoms with E-state index in [1.165, 1.54) is 7.11 Å². The Bertz CT molecular complexity index is 634. The molecule has 2 aromatic carbocycles. The van der Waals surface area contributed by atoms with Crippen molar-refractivity contribution in [2.45, 2.75) is 6.04 Å². The Balaban J connectivity index is 2.29. The molecule has 0 saturated heterocycles. The van der Waals surface area contributed by atoms with Crippen LogP contribution in [0.1, 0.15) is 11.6 Å². The zero-order valence-corrected chi connectivity index (χ0v) is 11.2. The zero-order valence-electron chi connectivity index (χ0n) is 11.2. The zero-order chi connectivity index (χ0) is 15.4. The van der Waals surface area contributed by atoms with Gasteiger partial charge in [-0.3, -0.25) is 0 Å². The third-order valence-electron chi connectivity index (χ3n) is 3.01. The fourth-order valence-corrected chi connectivity index (χ4v) is 1.94. The Kier molecular flexibility index (Phi) is 4.70. The quantitative estimate of drug-likeness (QED) is 0.832. The monoisotopic (exact) mass is 297 g/mol. The van der Waals surface area contributed by atoms with E-state index < -0.39 is 30.1 Å². The molecule has 0 spiro atoms. The van der Waals surface area contributed by atoms with Crippen LogP contribution in [0.15, 0.2) is 36.4 Å². The minimum atomic E-state index is -1.27. The number of benzene rings is 2. The van der Waals surface area contributed by atoms with E-state index in [-0.39, 0.29) is 5.56 Å². The average Bonchev–Trinajstić information content (AvgIpc) is 2.49. The first-order valence-electron chi connectivity index (χ1n) is 6.21. The van der Waals surface area contributed by atoms with Crippen LogP contribution in [0.4, 0.5) is 18.9 Å². The fraction of sp³-hybridized carbons (Fsp3) is 0.200. The first-order valence-corrected chi connectivity index (χ1v) is 6.21. The number of ether oxygens (including phenoxy) is 1. The first-order chi connectivity index (χ1) is 10.0. The van der Waals surface area contributed by atoms with E-state index in [9.17, 15) is 18.3 Å². The summed E-state index contributed by atoms with van der Waals surface area (Å²) in [5, 5.41) is 12.2. The standard InChI is InChI=1S/C15H14F3NO2/c1-21-10-4-2-3-9(5-10)19-15(8-20)11-6-13(17)14(18)7-12(11)16/h2-7,15,19-20H,8H2,1H3. The van der Waals surface area contributed by atoms with Gasteiger partial charge in [-0.2, -0.15) is 0 Å². The number of nitrogens with one attached hydrogen (secondary N) is 1. The highest BCUT2D eigenvalue weighted by molar-refractivity contribution is 5.50. The number of hydrogen-bond acceptors (Lipinski definition) is 3. The summed E-state index contributed by atoms with van der Waals surface area (Å²) in [6.45, 7) is -0.487. The number of anilines is 1. The molecule has 2 aromatic rings. The van der Waals surface area contributed by atoms with Gasteiger partial charge in [0, 0.05) is 23.4 Å². The Morgan fingerprint density at radius 1 is 1.10 bits per heavy atom. The number of halogens is 3. The van der Waals surface area contributed by atoms with Gasteiger partial charge in [0.1, 0.15) is 11.6 Å². The maximum atomic E-state index is 13.7. The molecule has 0 bridgehead atoms. The number of methoxy groups -OCH3 is 1. The second kappa shape index (κ2) is 6.49. The molecule has 0 heterocycles. The third-order valence-corrected chi connectivity index (χ3v) is 3.01. The molecule has 0 amide bonds. The number of hydrogen-bond donors (Lipinski definition) is 2. The van der Waals surface area contributed by atoms with Gasteiger partial charge in [0.2, 0.25) is 0 Å². The van der Waals surface area contributed by atoms with Gasteiger partial charge in [-0.1, -0.05) is 6.07 Å². The van der Waals surface area contributed by atoms with Gasteiger partial charge >= 0.3 is 0 Å². The molecule has 0 fully saturated rings. The van der Waals surface area contributed by atoms with Gasteiger partial charge in [-0.25, -0.2) is 13.2 Å². The first kappa shape index (κ1) is 15.2. The van der Waals surface area contributed by atoms with Crippen LogP contribution >= 0.6 is 0 Å². The summed E-state index contributed by atoms with van der Waals surface area (Å²) in [6.07, 6.45) is 0. The molecule has 21 heavy (non-hydrogen) atoms. The molecule has 0 aromatic heterocycles. The molecule has 0 aliphatic rings. The molecule has 0 aliphatic heterocycles. The number of aliphatic hydroxyl groups excluding tert-OH is 1. The molecule has 1 atom stereocenters. The van der Waals surface area contributed by atoms with Crippen LogP contribution in [-0.4, -0.2) is 18.8 Å². The van der Waals surface area contributed by atoms with Gasteiger partial charge in [-0.05, 0) is 18.2 Å². The van der Waals surface area contributed by atoms with Crippen molar-refractivity contribution >= 4 is 5.69 Å². The van der Waals surface area contributed by atoms with Crippen molar-refractivity contribution in [3.63, 3.8) is 0 Å². The molecule has 0 aliphatic carbocycles. The summed E-state index contributed by atoms with van der Waals surface area (Å²) < 4.78 is 45.0. The summed E-state index contributed by atoms with van der Waals surface area (Å²) in [6, 6.07) is 7.03. The number of rotatable bonds is 5. The van der Waals surface area contributed by atoms with Crippen molar-refractivity contribution < 1.29 is 23.0 Å². The summed E-state index contributed by atoms with van der Waals surface area (Å²) in [5.74, 6) is -2.79. The van der Waals surface area contributed by atoms with E-state index in [1.54, 1.807) is 24.3 Å². The second-order valence-corrected chi connectivity index (χ2v) is 4.40. The molecule has 6 heteroatoms. The van der Waals surface area contributed by atoms with Gasteiger partial charge in [-0.15, -0.1) is 0 Å². The fourth-order valence-electron chi connectivity index (χ4n) is 1.94. The van der Waals surface area contributed by atoms with E-state index in [1.807, 2.05) is 0 Å². The Morgan fingerprint density at radius 2 is 1.81 bits per heavy atom. The van der Waals surface area contributed by atoms with Gasteiger partial charge in [0.25, 0.3) is 0 Å². The highest BCUT2D eigenvalue weighted by atomic mass is 19.2. The van der Waals surface area contributed by atoms with Gasteiger partial charge < -0.3 is 15.2 Å². The predicted octanol–water partition coefficient (Wildman–Crippen LogP) is 3.26. The molecular formula is C15H14F3NO2. The van der Waals surface area contributed by atoms with Gasteiger partial charge in [0.15, 0.2) is 11.6 Å². The lowest BCUT2D eigenvalue weighted by molar-refractivity contribution is 0.273. The molecular weight excluding hydrogens is 283 g/mol. The average molecular weight is 297 g/mol. The van der Waals surface area contributed by atoms with Crippen molar-refractivity contribution in [1.29, 1.82) is 0 Å². The largest absolute Gasteiger partial charge is 0.497 e. The summed E-state index contributed by atoms with van der Waals surface area (Å²) in [7, 11) is 1.50. The predicted molar refractivity (Wildman–Crippen MR) is 72.8 cm³/mol. The SMILES string of the molecule is COc1cccc(NC(CO)c2cc(F)c(F)cc2F)c1. The Morgan fingerprint density at radius 3 is 2.48 bits per heavy atom. The molecule has 0 saturated carbocycles. The van der Waals surface area contributed by atoms with E-state index in [4.69, 9.17) is 4.74 Å². The molecule has 2 N–H and O–H groups in total. The van der Waals surface area contributed by atoms with Crippen molar-refractivity contribution in [2.24, 2.45) is 0 Å². The van der Waals surface area contributed by atoms with Crippen molar-refractivity contribution in [1.82, 2.24) is 0 Å². The normalized spacial score (nSPS) is 12.0. The van der Waals surface area contributed by atoms with Crippen molar-refractivity contribution in [3.8, 4) is 5.75 Å². The lowest BCUT2D eigenvalue weighted by Crippen LogP contribution is -2.17.